The lowest BCUT2D eigenvalue weighted by Crippen LogP contribution is -2.15. The highest BCUT2D eigenvalue weighted by Gasteiger charge is 2.15. The lowest BCUT2D eigenvalue weighted by atomic mass is 10.0. The van der Waals surface area contributed by atoms with Crippen LogP contribution in [0.3, 0.4) is 0 Å². The number of nitrogens with zero attached hydrogens (tertiary/aromatic N) is 2. The van der Waals surface area contributed by atoms with Crippen LogP contribution in [0, 0.1) is 12.7 Å². The first-order valence-electron chi connectivity index (χ1n) is 4.55. The van der Waals surface area contributed by atoms with E-state index in [0.29, 0.717) is 11.4 Å². The minimum absolute atomic E-state index is 0.329. The molecular formula is C10H11FN4. The van der Waals surface area contributed by atoms with Gasteiger partial charge in [-0.05, 0) is 13.0 Å². The van der Waals surface area contributed by atoms with E-state index in [1.807, 2.05) is 6.92 Å². The summed E-state index contributed by atoms with van der Waals surface area (Å²) in [6.07, 6.45) is 1.35. The van der Waals surface area contributed by atoms with Crippen molar-refractivity contribution in [2.24, 2.45) is 5.73 Å². The van der Waals surface area contributed by atoms with Gasteiger partial charge in [0.15, 0.2) is 0 Å². The van der Waals surface area contributed by atoms with Gasteiger partial charge in [-0.15, -0.1) is 0 Å². The number of nitrogens with two attached hydrogens (primary N) is 1. The van der Waals surface area contributed by atoms with E-state index in [1.54, 1.807) is 12.1 Å². The van der Waals surface area contributed by atoms with Crippen LogP contribution in [0.25, 0.3) is 0 Å². The Bertz CT molecular complexity index is 452. The number of halogens is 1. The van der Waals surface area contributed by atoms with Crippen molar-refractivity contribution in [3.63, 3.8) is 0 Å². The third kappa shape index (κ3) is 1.87. The molecule has 0 saturated heterocycles. The summed E-state index contributed by atoms with van der Waals surface area (Å²) in [4.78, 5) is 3.90. The van der Waals surface area contributed by atoms with Crippen LogP contribution in [0.5, 0.6) is 0 Å². The Morgan fingerprint density at radius 2 is 2.27 bits per heavy atom. The van der Waals surface area contributed by atoms with Crippen molar-refractivity contribution in [3.8, 4) is 0 Å². The van der Waals surface area contributed by atoms with Crippen LogP contribution < -0.4 is 5.73 Å². The molecule has 0 radical (unpaired) electrons. The van der Waals surface area contributed by atoms with Crippen LogP contribution in [0.4, 0.5) is 4.39 Å². The Morgan fingerprint density at radius 1 is 1.47 bits per heavy atom. The first kappa shape index (κ1) is 9.79. The number of hydrogen-bond donors (Lipinski definition) is 2. The van der Waals surface area contributed by atoms with Gasteiger partial charge in [-0.2, -0.15) is 5.10 Å². The van der Waals surface area contributed by atoms with Crippen LogP contribution in [-0.2, 0) is 0 Å². The number of hydrogen-bond acceptors (Lipinski definition) is 3. The molecule has 1 heterocycles. The van der Waals surface area contributed by atoms with Gasteiger partial charge in [-0.1, -0.05) is 17.7 Å². The molecule has 0 fully saturated rings. The summed E-state index contributed by atoms with van der Waals surface area (Å²) in [6.45, 7) is 1.88. The summed E-state index contributed by atoms with van der Waals surface area (Å²) in [5.74, 6) is 0.129. The van der Waals surface area contributed by atoms with E-state index >= 15 is 0 Å². The van der Waals surface area contributed by atoms with Crippen LogP contribution in [-0.4, -0.2) is 15.2 Å². The van der Waals surface area contributed by atoms with Crippen LogP contribution >= 0.6 is 0 Å². The van der Waals surface area contributed by atoms with Gasteiger partial charge in [0.2, 0.25) is 0 Å². The maximum Gasteiger partial charge on any atom is 0.145 e. The second-order valence-corrected chi connectivity index (χ2v) is 3.37. The standard InChI is InChI=1S/C10H11FN4/c1-6-2-3-8(11)7(4-6)9(12)10-13-5-14-15-10/h2-5,9H,12H2,1H3,(H,13,14,15). The summed E-state index contributed by atoms with van der Waals surface area (Å²) in [5.41, 5.74) is 7.24. The molecule has 0 spiro atoms. The number of aromatic amines is 1. The number of benzene rings is 1. The van der Waals surface area contributed by atoms with E-state index in [9.17, 15) is 4.39 Å². The monoisotopic (exact) mass is 206 g/mol. The number of nitrogens with one attached hydrogen (secondary N) is 1. The highest BCUT2D eigenvalue weighted by atomic mass is 19.1. The van der Waals surface area contributed by atoms with Crippen molar-refractivity contribution in [1.82, 2.24) is 15.2 Å². The number of aromatic nitrogens is 3. The zero-order chi connectivity index (χ0) is 10.8. The minimum atomic E-state index is -0.604. The van der Waals surface area contributed by atoms with Crippen LogP contribution in [0.1, 0.15) is 23.0 Å². The van der Waals surface area contributed by atoms with Crippen LogP contribution in [0.15, 0.2) is 24.5 Å². The van der Waals surface area contributed by atoms with Crippen molar-refractivity contribution in [1.29, 1.82) is 0 Å². The van der Waals surface area contributed by atoms with E-state index in [2.05, 4.69) is 15.2 Å². The van der Waals surface area contributed by atoms with Crippen molar-refractivity contribution in [3.05, 3.63) is 47.3 Å². The molecule has 0 aliphatic carbocycles. The molecule has 1 unspecified atom stereocenters. The van der Waals surface area contributed by atoms with E-state index in [1.165, 1.54) is 12.4 Å². The van der Waals surface area contributed by atoms with Gasteiger partial charge < -0.3 is 5.73 Å². The van der Waals surface area contributed by atoms with Gasteiger partial charge in [0.25, 0.3) is 0 Å². The maximum absolute atomic E-state index is 13.5. The first-order valence-corrected chi connectivity index (χ1v) is 4.55. The molecule has 0 aliphatic rings. The molecule has 2 aromatic rings. The summed E-state index contributed by atoms with van der Waals surface area (Å²) in [6, 6.07) is 4.21. The SMILES string of the molecule is Cc1ccc(F)c(C(N)c2ncn[nH]2)c1. The third-order valence-electron chi connectivity index (χ3n) is 2.21. The molecule has 15 heavy (non-hydrogen) atoms. The van der Waals surface area contributed by atoms with Gasteiger partial charge in [0, 0.05) is 5.56 Å². The molecule has 5 heteroatoms. The molecule has 3 N–H and O–H groups in total. The fourth-order valence-corrected chi connectivity index (χ4v) is 1.41. The molecule has 78 valence electrons. The summed E-state index contributed by atoms with van der Waals surface area (Å²) in [5, 5.41) is 6.31. The van der Waals surface area contributed by atoms with Crippen molar-refractivity contribution < 1.29 is 4.39 Å². The number of aryl methyl sites for hydroxylation is 1. The highest BCUT2D eigenvalue weighted by Crippen LogP contribution is 2.20. The summed E-state index contributed by atoms with van der Waals surface area (Å²) in [7, 11) is 0. The summed E-state index contributed by atoms with van der Waals surface area (Å²) >= 11 is 0. The zero-order valence-electron chi connectivity index (χ0n) is 8.24. The lowest BCUT2D eigenvalue weighted by molar-refractivity contribution is 0.593. The topological polar surface area (TPSA) is 67.6 Å². The average Bonchev–Trinajstić information content (AvgIpc) is 2.74. The average molecular weight is 206 g/mol. The fourth-order valence-electron chi connectivity index (χ4n) is 1.41. The molecule has 0 bridgehead atoms. The number of rotatable bonds is 2. The zero-order valence-corrected chi connectivity index (χ0v) is 8.24. The van der Waals surface area contributed by atoms with Gasteiger partial charge in [-0.3, -0.25) is 5.10 Å². The Kier molecular flexibility index (Phi) is 2.47. The normalized spacial score (nSPS) is 12.7. The Hall–Kier alpha value is -1.75. The molecule has 1 aromatic carbocycles. The molecule has 0 aliphatic heterocycles. The smallest absolute Gasteiger partial charge is 0.145 e. The Labute approximate surface area is 86.3 Å². The highest BCUT2D eigenvalue weighted by molar-refractivity contribution is 5.29. The molecule has 1 atom stereocenters. The van der Waals surface area contributed by atoms with E-state index in [4.69, 9.17) is 5.73 Å². The first-order chi connectivity index (χ1) is 7.18. The van der Waals surface area contributed by atoms with E-state index in [-0.39, 0.29) is 5.82 Å². The second kappa shape index (κ2) is 3.78. The van der Waals surface area contributed by atoms with Crippen LogP contribution in [0.2, 0.25) is 0 Å². The summed E-state index contributed by atoms with van der Waals surface area (Å²) < 4.78 is 13.5. The second-order valence-electron chi connectivity index (χ2n) is 3.37. The predicted octanol–water partition coefficient (Wildman–Crippen LogP) is 1.30. The third-order valence-corrected chi connectivity index (χ3v) is 2.21. The molecule has 2 rings (SSSR count). The number of H-pyrrole nitrogens is 1. The molecule has 1 aromatic heterocycles. The lowest BCUT2D eigenvalue weighted by Gasteiger charge is -2.10. The molecule has 4 nitrogen and oxygen atoms in total. The minimum Gasteiger partial charge on any atom is -0.318 e. The quantitative estimate of drug-likeness (QED) is 0.778. The van der Waals surface area contributed by atoms with Crippen molar-refractivity contribution in [2.75, 3.05) is 0 Å². The Balaban J connectivity index is 2.41. The Morgan fingerprint density at radius 3 is 2.93 bits per heavy atom. The molecule has 0 saturated carbocycles. The van der Waals surface area contributed by atoms with Crippen molar-refractivity contribution >= 4 is 0 Å². The van der Waals surface area contributed by atoms with Gasteiger partial charge in [0.05, 0.1) is 6.04 Å². The maximum atomic E-state index is 13.5. The van der Waals surface area contributed by atoms with E-state index < -0.39 is 6.04 Å². The molecular weight excluding hydrogens is 195 g/mol. The predicted molar refractivity (Wildman–Crippen MR) is 53.6 cm³/mol. The van der Waals surface area contributed by atoms with E-state index in [0.717, 1.165) is 5.56 Å². The van der Waals surface area contributed by atoms with Crippen molar-refractivity contribution in [2.45, 2.75) is 13.0 Å². The van der Waals surface area contributed by atoms with Gasteiger partial charge in [-0.25, -0.2) is 9.37 Å². The largest absolute Gasteiger partial charge is 0.318 e. The fraction of sp³-hybridized carbons (Fsp3) is 0.200. The molecule has 0 amide bonds. The van der Waals surface area contributed by atoms with Gasteiger partial charge in [0.1, 0.15) is 18.0 Å². The van der Waals surface area contributed by atoms with Gasteiger partial charge >= 0.3 is 0 Å².